The van der Waals surface area contributed by atoms with Crippen molar-refractivity contribution in [1.29, 1.82) is 0 Å². The number of ketones is 1. The van der Waals surface area contributed by atoms with Gasteiger partial charge in [0.15, 0.2) is 0 Å². The Bertz CT molecular complexity index is 1220. The summed E-state index contributed by atoms with van der Waals surface area (Å²) < 4.78 is 5.26. The molecule has 32 heavy (non-hydrogen) atoms. The molecule has 0 saturated carbocycles. The third-order valence-corrected chi connectivity index (χ3v) is 5.93. The summed E-state index contributed by atoms with van der Waals surface area (Å²) in [5, 5.41) is 12.2. The lowest BCUT2D eigenvalue weighted by Crippen LogP contribution is -2.35. The standard InChI is InChI=1S/C25H27N3O4/c1-15-13-16(32-4)9-10-17(15)23(29)21-22(19-14-26-20-8-6-5-7-18(19)20)28(12-11-27(2)3)25(31)24(21)30/h5-10,13-14,22,26,29H,11-12H2,1-4H3/b23-21+. The fourth-order valence-electron chi connectivity index (χ4n) is 4.24. The van der Waals surface area contributed by atoms with Crippen LogP contribution in [0.25, 0.3) is 16.7 Å². The van der Waals surface area contributed by atoms with E-state index in [1.165, 1.54) is 0 Å². The van der Waals surface area contributed by atoms with Crippen molar-refractivity contribution in [2.24, 2.45) is 0 Å². The van der Waals surface area contributed by atoms with Crippen LogP contribution in [0, 0.1) is 6.92 Å². The van der Waals surface area contributed by atoms with Crippen molar-refractivity contribution < 1.29 is 19.4 Å². The zero-order valence-corrected chi connectivity index (χ0v) is 18.7. The normalized spacial score (nSPS) is 18.2. The molecule has 0 bridgehead atoms. The molecule has 1 atom stereocenters. The van der Waals surface area contributed by atoms with Crippen LogP contribution in [0.15, 0.2) is 54.2 Å². The van der Waals surface area contributed by atoms with Gasteiger partial charge < -0.3 is 24.6 Å². The third-order valence-electron chi connectivity index (χ3n) is 5.93. The number of hydrogen-bond donors (Lipinski definition) is 2. The Labute approximate surface area is 186 Å². The van der Waals surface area contributed by atoms with Crippen molar-refractivity contribution in [1.82, 2.24) is 14.8 Å². The number of hydrogen-bond acceptors (Lipinski definition) is 5. The second-order valence-electron chi connectivity index (χ2n) is 8.27. The fourth-order valence-corrected chi connectivity index (χ4v) is 4.24. The minimum Gasteiger partial charge on any atom is -0.507 e. The quantitative estimate of drug-likeness (QED) is 0.353. The summed E-state index contributed by atoms with van der Waals surface area (Å²) in [6.45, 7) is 2.79. The molecule has 1 aliphatic heterocycles. The molecule has 2 aromatic carbocycles. The smallest absolute Gasteiger partial charge is 0.295 e. The monoisotopic (exact) mass is 433 g/mol. The lowest BCUT2D eigenvalue weighted by molar-refractivity contribution is -0.140. The molecule has 1 amide bonds. The fraction of sp³-hybridized carbons (Fsp3) is 0.280. The lowest BCUT2D eigenvalue weighted by Gasteiger charge is -2.26. The number of fused-ring (bicyclic) bond motifs is 1. The molecule has 1 fully saturated rings. The summed E-state index contributed by atoms with van der Waals surface area (Å²) in [7, 11) is 5.40. The first-order valence-electron chi connectivity index (χ1n) is 10.5. The second-order valence-corrected chi connectivity index (χ2v) is 8.27. The number of carbonyl (C=O) groups excluding carboxylic acids is 2. The van der Waals surface area contributed by atoms with Gasteiger partial charge in [0.25, 0.3) is 11.7 Å². The first-order chi connectivity index (χ1) is 15.3. The van der Waals surface area contributed by atoms with Crippen LogP contribution in [0.1, 0.15) is 22.7 Å². The Kier molecular flexibility index (Phi) is 5.76. The summed E-state index contributed by atoms with van der Waals surface area (Å²) in [5.41, 5.74) is 3.04. The molecular formula is C25H27N3O4. The van der Waals surface area contributed by atoms with Crippen molar-refractivity contribution >= 4 is 28.4 Å². The van der Waals surface area contributed by atoms with E-state index < -0.39 is 17.7 Å². The Balaban J connectivity index is 1.91. The number of likely N-dealkylation sites (N-methyl/N-ethyl adjacent to an activating group) is 1. The van der Waals surface area contributed by atoms with Crippen molar-refractivity contribution in [3.63, 3.8) is 0 Å². The highest BCUT2D eigenvalue weighted by Crippen LogP contribution is 2.42. The van der Waals surface area contributed by atoms with Crippen molar-refractivity contribution in [3.8, 4) is 5.75 Å². The number of rotatable bonds is 6. The minimum absolute atomic E-state index is 0.103. The number of aromatic nitrogens is 1. The number of nitrogens with zero attached hydrogens (tertiary/aromatic N) is 2. The van der Waals surface area contributed by atoms with Crippen LogP contribution < -0.4 is 4.74 Å². The topological polar surface area (TPSA) is 85.9 Å². The first-order valence-corrected chi connectivity index (χ1v) is 10.5. The zero-order chi connectivity index (χ0) is 23.0. The number of methoxy groups -OCH3 is 1. The number of carbonyl (C=O) groups is 2. The minimum atomic E-state index is -0.687. The van der Waals surface area contributed by atoms with Gasteiger partial charge in [0.05, 0.1) is 18.7 Å². The van der Waals surface area contributed by atoms with Crippen LogP contribution in [0.3, 0.4) is 0 Å². The molecule has 1 aliphatic rings. The summed E-state index contributed by atoms with van der Waals surface area (Å²) >= 11 is 0. The van der Waals surface area contributed by atoms with Crippen LogP contribution in [0.2, 0.25) is 0 Å². The van der Waals surface area contributed by atoms with E-state index in [1.54, 1.807) is 30.2 Å². The van der Waals surface area contributed by atoms with Gasteiger partial charge in [0.2, 0.25) is 0 Å². The number of aliphatic hydroxyl groups is 1. The number of ether oxygens (including phenoxy) is 1. The number of aryl methyl sites for hydroxylation is 1. The number of para-hydroxylation sites is 1. The molecule has 0 aliphatic carbocycles. The number of benzene rings is 2. The molecule has 1 aromatic heterocycles. The van der Waals surface area contributed by atoms with E-state index in [0.717, 1.165) is 22.0 Å². The largest absolute Gasteiger partial charge is 0.507 e. The number of Topliss-reactive ketones (excluding diaryl/α,β-unsaturated/α-hetero) is 1. The van der Waals surface area contributed by atoms with Gasteiger partial charge in [-0.05, 0) is 50.8 Å². The van der Waals surface area contributed by atoms with Gasteiger partial charge in [-0.1, -0.05) is 18.2 Å². The van der Waals surface area contributed by atoms with E-state index in [-0.39, 0.29) is 11.3 Å². The second kappa shape index (κ2) is 8.51. The maximum Gasteiger partial charge on any atom is 0.295 e. The number of amides is 1. The van der Waals surface area contributed by atoms with E-state index in [2.05, 4.69) is 4.98 Å². The molecule has 2 heterocycles. The molecule has 4 rings (SSSR count). The van der Waals surface area contributed by atoms with Gasteiger partial charge in [-0.15, -0.1) is 0 Å². The maximum atomic E-state index is 13.2. The molecule has 0 spiro atoms. The zero-order valence-electron chi connectivity index (χ0n) is 18.7. The molecule has 1 unspecified atom stereocenters. The van der Waals surface area contributed by atoms with E-state index in [4.69, 9.17) is 4.74 Å². The Morgan fingerprint density at radius 3 is 2.62 bits per heavy atom. The number of aliphatic hydroxyl groups excluding tert-OH is 1. The average molecular weight is 434 g/mol. The van der Waals surface area contributed by atoms with E-state index in [1.807, 2.05) is 56.4 Å². The molecule has 3 aromatic rings. The summed E-state index contributed by atoms with van der Waals surface area (Å²) in [6.07, 6.45) is 1.82. The average Bonchev–Trinajstić information content (AvgIpc) is 3.30. The molecule has 0 radical (unpaired) electrons. The van der Waals surface area contributed by atoms with Crippen LogP contribution in [-0.4, -0.2) is 65.9 Å². The highest BCUT2D eigenvalue weighted by Gasteiger charge is 2.46. The number of nitrogens with one attached hydrogen (secondary N) is 1. The van der Waals surface area contributed by atoms with Crippen LogP contribution >= 0.6 is 0 Å². The summed E-state index contributed by atoms with van der Waals surface area (Å²) in [4.78, 5) is 33.0. The Morgan fingerprint density at radius 2 is 1.94 bits per heavy atom. The molecule has 7 nitrogen and oxygen atoms in total. The molecule has 7 heteroatoms. The molecular weight excluding hydrogens is 406 g/mol. The van der Waals surface area contributed by atoms with E-state index >= 15 is 0 Å². The SMILES string of the molecule is COc1ccc(/C(O)=C2\C(=O)C(=O)N(CCN(C)C)C2c2c[nH]c3ccccc23)c(C)c1. The summed E-state index contributed by atoms with van der Waals surface area (Å²) in [5.74, 6) is -0.800. The van der Waals surface area contributed by atoms with Gasteiger partial charge in [0, 0.05) is 41.3 Å². The number of aromatic amines is 1. The summed E-state index contributed by atoms with van der Waals surface area (Å²) in [6, 6.07) is 12.3. The van der Waals surface area contributed by atoms with E-state index in [0.29, 0.717) is 24.4 Å². The maximum absolute atomic E-state index is 13.2. The van der Waals surface area contributed by atoms with Crippen molar-refractivity contribution in [2.75, 3.05) is 34.3 Å². The predicted molar refractivity (Wildman–Crippen MR) is 124 cm³/mol. The van der Waals surface area contributed by atoms with Crippen LogP contribution in [-0.2, 0) is 9.59 Å². The third kappa shape index (κ3) is 3.65. The molecule has 2 N–H and O–H groups in total. The molecule has 166 valence electrons. The Morgan fingerprint density at radius 1 is 1.19 bits per heavy atom. The van der Waals surface area contributed by atoms with Gasteiger partial charge in [-0.3, -0.25) is 9.59 Å². The van der Waals surface area contributed by atoms with Gasteiger partial charge in [0.1, 0.15) is 11.5 Å². The Hall–Kier alpha value is -3.58. The van der Waals surface area contributed by atoms with E-state index in [9.17, 15) is 14.7 Å². The predicted octanol–water partition coefficient (Wildman–Crippen LogP) is 3.47. The highest BCUT2D eigenvalue weighted by atomic mass is 16.5. The first kappa shape index (κ1) is 21.6. The number of H-pyrrole nitrogens is 1. The number of likely N-dealkylation sites (tertiary alicyclic amines) is 1. The van der Waals surface area contributed by atoms with Crippen molar-refractivity contribution in [2.45, 2.75) is 13.0 Å². The molecule has 1 saturated heterocycles. The lowest BCUT2D eigenvalue weighted by atomic mass is 9.93. The van der Waals surface area contributed by atoms with Gasteiger partial charge in [-0.25, -0.2) is 0 Å². The highest BCUT2D eigenvalue weighted by molar-refractivity contribution is 6.46. The van der Waals surface area contributed by atoms with Crippen LogP contribution in [0.5, 0.6) is 5.75 Å². The van der Waals surface area contributed by atoms with Gasteiger partial charge in [-0.2, -0.15) is 0 Å². The van der Waals surface area contributed by atoms with Crippen LogP contribution in [0.4, 0.5) is 0 Å². The van der Waals surface area contributed by atoms with Gasteiger partial charge >= 0.3 is 0 Å². The van der Waals surface area contributed by atoms with Crippen molar-refractivity contribution in [3.05, 3.63) is 70.9 Å².